The first-order valence-electron chi connectivity index (χ1n) is 7.04. The third-order valence-electron chi connectivity index (χ3n) is 4.18. The summed E-state index contributed by atoms with van der Waals surface area (Å²) >= 11 is 1.60. The van der Waals surface area contributed by atoms with Gasteiger partial charge in [0.15, 0.2) is 0 Å². The molecule has 0 unspecified atom stereocenters. The van der Waals surface area contributed by atoms with Gasteiger partial charge >= 0.3 is 0 Å². The molecule has 21 heavy (non-hydrogen) atoms. The molecule has 0 aliphatic heterocycles. The van der Waals surface area contributed by atoms with Crippen LogP contribution in [0, 0.1) is 5.92 Å². The highest BCUT2D eigenvalue weighted by Gasteiger charge is 2.24. The Hall–Kier alpha value is -1.73. The second-order valence-corrected chi connectivity index (χ2v) is 6.76. The number of hydrazine groups is 1. The number of nitrogens with zero attached hydrogens (tertiary/aromatic N) is 2. The summed E-state index contributed by atoms with van der Waals surface area (Å²) in [5, 5.41) is 0.682. The molecule has 1 aliphatic carbocycles. The van der Waals surface area contributed by atoms with Crippen LogP contribution in [0.25, 0.3) is 10.2 Å². The SMILES string of the molecule is C[C@@H]1CCc2c(sc3ncn([C@@H](C)C(=O)NN)c(=O)c23)C1. The third-order valence-corrected chi connectivity index (χ3v) is 5.34. The molecule has 0 fully saturated rings. The van der Waals surface area contributed by atoms with Crippen LogP contribution in [0.2, 0.25) is 0 Å². The lowest BCUT2D eigenvalue weighted by Crippen LogP contribution is -2.39. The molecule has 3 N–H and O–H groups in total. The zero-order valence-electron chi connectivity index (χ0n) is 12.0. The monoisotopic (exact) mass is 306 g/mol. The number of amides is 1. The maximum atomic E-state index is 12.7. The lowest BCUT2D eigenvalue weighted by molar-refractivity contribution is -0.124. The molecule has 0 saturated carbocycles. The predicted octanol–water partition coefficient (Wildman–Crippen LogP) is 1.13. The Bertz CT molecular complexity index is 764. The van der Waals surface area contributed by atoms with Gasteiger partial charge in [-0.15, -0.1) is 11.3 Å². The molecule has 0 bridgehead atoms. The molecule has 2 atom stereocenters. The first kappa shape index (κ1) is 14.2. The van der Waals surface area contributed by atoms with Crippen LogP contribution >= 0.6 is 11.3 Å². The van der Waals surface area contributed by atoms with Crippen LogP contribution in [0.5, 0.6) is 0 Å². The van der Waals surface area contributed by atoms with E-state index in [0.717, 1.165) is 29.7 Å². The summed E-state index contributed by atoms with van der Waals surface area (Å²) in [7, 11) is 0. The topological polar surface area (TPSA) is 90.0 Å². The van der Waals surface area contributed by atoms with Crippen LogP contribution in [0.15, 0.2) is 11.1 Å². The summed E-state index contributed by atoms with van der Waals surface area (Å²) in [5.41, 5.74) is 3.05. The largest absolute Gasteiger partial charge is 0.292 e. The fourth-order valence-corrected chi connectivity index (χ4v) is 4.21. The number of aryl methyl sites for hydroxylation is 1. The van der Waals surface area contributed by atoms with Gasteiger partial charge in [0.05, 0.1) is 11.7 Å². The van der Waals surface area contributed by atoms with E-state index in [9.17, 15) is 9.59 Å². The molecule has 0 spiro atoms. The lowest BCUT2D eigenvalue weighted by Gasteiger charge is -2.18. The van der Waals surface area contributed by atoms with Gasteiger partial charge in [0, 0.05) is 4.88 Å². The Morgan fingerprint density at radius 1 is 1.62 bits per heavy atom. The lowest BCUT2D eigenvalue weighted by atomic mass is 9.89. The maximum absolute atomic E-state index is 12.7. The Labute approximate surface area is 125 Å². The molecule has 2 aromatic rings. The van der Waals surface area contributed by atoms with Gasteiger partial charge in [0.2, 0.25) is 0 Å². The van der Waals surface area contributed by atoms with Crippen molar-refractivity contribution in [3.63, 3.8) is 0 Å². The number of nitrogens with two attached hydrogens (primary N) is 1. The molecule has 1 amide bonds. The Morgan fingerprint density at radius 2 is 2.38 bits per heavy atom. The number of hydrogen-bond donors (Lipinski definition) is 2. The molecule has 1 aliphatic rings. The molecule has 6 nitrogen and oxygen atoms in total. The number of nitrogens with one attached hydrogen (secondary N) is 1. The smallest absolute Gasteiger partial charge is 0.263 e. The van der Waals surface area contributed by atoms with E-state index in [4.69, 9.17) is 5.84 Å². The molecule has 0 radical (unpaired) electrons. The fourth-order valence-electron chi connectivity index (χ4n) is 2.87. The van der Waals surface area contributed by atoms with Crippen LogP contribution < -0.4 is 16.8 Å². The summed E-state index contributed by atoms with van der Waals surface area (Å²) in [6.07, 6.45) is 4.45. The number of aromatic nitrogens is 2. The van der Waals surface area contributed by atoms with E-state index < -0.39 is 11.9 Å². The van der Waals surface area contributed by atoms with Crippen molar-refractivity contribution >= 4 is 27.5 Å². The summed E-state index contributed by atoms with van der Waals surface area (Å²) in [6, 6.07) is -0.669. The van der Waals surface area contributed by atoms with Crippen LogP contribution in [0.1, 0.15) is 36.8 Å². The highest BCUT2D eigenvalue weighted by molar-refractivity contribution is 7.18. The Morgan fingerprint density at radius 3 is 3.10 bits per heavy atom. The van der Waals surface area contributed by atoms with E-state index in [2.05, 4.69) is 17.3 Å². The Kier molecular flexibility index (Phi) is 3.54. The number of fused-ring (bicyclic) bond motifs is 3. The third kappa shape index (κ3) is 2.26. The van der Waals surface area contributed by atoms with Crippen molar-refractivity contribution in [3.8, 4) is 0 Å². The molecule has 3 rings (SSSR count). The number of carbonyl (C=O) groups excluding carboxylic acids is 1. The minimum atomic E-state index is -0.669. The van der Waals surface area contributed by atoms with Crippen molar-refractivity contribution < 1.29 is 4.79 Å². The van der Waals surface area contributed by atoms with Crippen LogP contribution in [0.4, 0.5) is 0 Å². The van der Waals surface area contributed by atoms with Crippen molar-refractivity contribution in [1.29, 1.82) is 0 Å². The van der Waals surface area contributed by atoms with E-state index in [1.54, 1.807) is 18.3 Å². The minimum Gasteiger partial charge on any atom is -0.292 e. The van der Waals surface area contributed by atoms with Gasteiger partial charge < -0.3 is 0 Å². The molecule has 112 valence electrons. The molecule has 0 saturated heterocycles. The van der Waals surface area contributed by atoms with Gasteiger partial charge in [-0.25, -0.2) is 10.8 Å². The van der Waals surface area contributed by atoms with Crippen molar-refractivity contribution in [3.05, 3.63) is 27.1 Å². The number of hydrogen-bond acceptors (Lipinski definition) is 5. The van der Waals surface area contributed by atoms with Gasteiger partial charge in [-0.05, 0) is 37.7 Å². The molecule has 2 aromatic heterocycles. The maximum Gasteiger partial charge on any atom is 0.263 e. The molecule has 7 heteroatoms. The minimum absolute atomic E-state index is 0.150. The molecule has 2 heterocycles. The van der Waals surface area contributed by atoms with E-state index in [1.165, 1.54) is 15.8 Å². The normalized spacial score (nSPS) is 19.3. The molecular formula is C14H18N4O2S. The van der Waals surface area contributed by atoms with E-state index in [1.807, 2.05) is 0 Å². The van der Waals surface area contributed by atoms with Crippen molar-refractivity contribution in [1.82, 2.24) is 15.0 Å². The van der Waals surface area contributed by atoms with Crippen molar-refractivity contribution in [2.75, 3.05) is 0 Å². The van der Waals surface area contributed by atoms with Crippen LogP contribution in [0.3, 0.4) is 0 Å². The van der Waals surface area contributed by atoms with E-state index in [-0.39, 0.29) is 5.56 Å². The zero-order chi connectivity index (χ0) is 15.1. The predicted molar refractivity (Wildman–Crippen MR) is 82.1 cm³/mol. The van der Waals surface area contributed by atoms with Crippen LogP contribution in [-0.4, -0.2) is 15.5 Å². The van der Waals surface area contributed by atoms with Crippen molar-refractivity contribution in [2.45, 2.75) is 39.2 Å². The van der Waals surface area contributed by atoms with Crippen LogP contribution in [-0.2, 0) is 17.6 Å². The standard InChI is InChI=1S/C14H18N4O2S/c1-7-3-4-9-10(5-7)21-13-11(9)14(20)18(6-16-13)8(2)12(19)17-15/h6-8H,3-5,15H2,1-2H3,(H,17,19)/t7-,8+/m1/s1. The second-order valence-electron chi connectivity index (χ2n) is 5.67. The summed E-state index contributed by atoms with van der Waals surface area (Å²) in [5.74, 6) is 5.39. The summed E-state index contributed by atoms with van der Waals surface area (Å²) in [6.45, 7) is 3.87. The van der Waals surface area contributed by atoms with Gasteiger partial charge in [-0.1, -0.05) is 6.92 Å². The molecule has 0 aromatic carbocycles. The first-order chi connectivity index (χ1) is 10.0. The van der Waals surface area contributed by atoms with Gasteiger partial charge in [0.25, 0.3) is 11.5 Å². The van der Waals surface area contributed by atoms with E-state index in [0.29, 0.717) is 11.3 Å². The van der Waals surface area contributed by atoms with Gasteiger partial charge in [-0.3, -0.25) is 19.6 Å². The zero-order valence-corrected chi connectivity index (χ0v) is 12.9. The second kappa shape index (κ2) is 5.23. The fraction of sp³-hybridized carbons (Fsp3) is 0.500. The van der Waals surface area contributed by atoms with Crippen molar-refractivity contribution in [2.24, 2.45) is 11.8 Å². The number of thiophene rings is 1. The van der Waals surface area contributed by atoms with Gasteiger partial charge in [0.1, 0.15) is 10.9 Å². The highest BCUT2D eigenvalue weighted by Crippen LogP contribution is 2.35. The Balaban J connectivity index is 2.17. The quantitative estimate of drug-likeness (QED) is 0.494. The van der Waals surface area contributed by atoms with E-state index >= 15 is 0 Å². The average molecular weight is 306 g/mol. The summed E-state index contributed by atoms with van der Waals surface area (Å²) in [4.78, 5) is 30.8. The highest BCUT2D eigenvalue weighted by atomic mass is 32.1. The number of carbonyl (C=O) groups is 1. The first-order valence-corrected chi connectivity index (χ1v) is 7.86. The summed E-state index contributed by atoms with van der Waals surface area (Å²) < 4.78 is 1.36. The molecular weight excluding hydrogens is 288 g/mol. The average Bonchev–Trinajstić information content (AvgIpc) is 2.84. The van der Waals surface area contributed by atoms with Gasteiger partial charge in [-0.2, -0.15) is 0 Å². The number of rotatable bonds is 2.